The van der Waals surface area contributed by atoms with Gasteiger partial charge in [-0.3, -0.25) is 4.79 Å². The summed E-state index contributed by atoms with van der Waals surface area (Å²) in [5, 5.41) is 19.0. The largest absolute Gasteiger partial charge is 0.536 e. The first kappa shape index (κ1) is 16.2. The van der Waals surface area contributed by atoms with Crippen molar-refractivity contribution in [1.82, 2.24) is 4.90 Å². The topological polar surface area (TPSA) is 87.1 Å². The van der Waals surface area contributed by atoms with Crippen LogP contribution in [0.25, 0.3) is 0 Å². The number of carboxylic acids is 1. The van der Waals surface area contributed by atoms with Crippen LogP contribution in [0.2, 0.25) is 0 Å². The van der Waals surface area contributed by atoms with Gasteiger partial charge in [0.1, 0.15) is 5.75 Å². The highest BCUT2D eigenvalue weighted by Crippen LogP contribution is 2.34. The summed E-state index contributed by atoms with van der Waals surface area (Å²) in [6.07, 6.45) is 2.59. The minimum atomic E-state index is -1.11. The second-order valence-electron chi connectivity index (χ2n) is 5.75. The lowest BCUT2D eigenvalue weighted by Crippen LogP contribution is -2.42. The number of fused-ring (bicyclic) bond motifs is 1. The molecule has 1 amide bonds. The first-order valence-corrected chi connectivity index (χ1v) is 8.70. The third-order valence-electron chi connectivity index (χ3n) is 4.18. The molecule has 1 saturated heterocycles. The monoisotopic (exact) mass is 335 g/mol. The van der Waals surface area contributed by atoms with Crippen LogP contribution in [0.1, 0.15) is 28.8 Å². The average molecular weight is 335 g/mol. The Morgan fingerprint density at radius 1 is 1.35 bits per heavy atom. The van der Waals surface area contributed by atoms with Crippen LogP contribution in [0.3, 0.4) is 0 Å². The van der Waals surface area contributed by atoms with Crippen LogP contribution in [0.4, 0.5) is 0 Å². The number of benzene rings is 1. The van der Waals surface area contributed by atoms with Crippen LogP contribution in [0.5, 0.6) is 5.75 Å². The molecule has 0 radical (unpaired) electrons. The fourth-order valence-electron chi connectivity index (χ4n) is 2.94. The number of rotatable bonds is 4. The molecule has 122 valence electrons. The molecule has 1 aromatic rings. The first-order valence-electron chi connectivity index (χ1n) is 7.65. The summed E-state index contributed by atoms with van der Waals surface area (Å²) in [4.78, 5) is 25.1. The molecule has 8 heteroatoms. The number of hydrogen-bond acceptors (Lipinski definition) is 5. The van der Waals surface area contributed by atoms with Crippen molar-refractivity contribution in [3.63, 3.8) is 0 Å². The van der Waals surface area contributed by atoms with Crippen molar-refractivity contribution in [2.45, 2.75) is 24.4 Å². The zero-order chi connectivity index (χ0) is 16.4. The Kier molecular flexibility index (Phi) is 4.82. The third kappa shape index (κ3) is 3.48. The lowest BCUT2D eigenvalue weighted by Gasteiger charge is -2.28. The van der Waals surface area contributed by atoms with E-state index < -0.39 is 13.1 Å². The minimum absolute atomic E-state index is 0.0538. The summed E-state index contributed by atoms with van der Waals surface area (Å²) in [6.45, 7) is 1.63. The van der Waals surface area contributed by atoms with Crippen molar-refractivity contribution in [1.29, 1.82) is 0 Å². The van der Waals surface area contributed by atoms with E-state index in [1.807, 2.05) is 4.90 Å². The Balaban J connectivity index is 1.65. The zero-order valence-electron chi connectivity index (χ0n) is 12.6. The van der Waals surface area contributed by atoms with Crippen LogP contribution in [-0.2, 0) is 11.2 Å². The van der Waals surface area contributed by atoms with E-state index in [1.54, 1.807) is 12.1 Å². The average Bonchev–Trinajstić information content (AvgIpc) is 3.06. The molecule has 2 heterocycles. The van der Waals surface area contributed by atoms with E-state index in [2.05, 4.69) is 0 Å². The van der Waals surface area contributed by atoms with Gasteiger partial charge in [0, 0.05) is 13.1 Å². The van der Waals surface area contributed by atoms with E-state index in [-0.39, 0.29) is 22.4 Å². The van der Waals surface area contributed by atoms with Crippen molar-refractivity contribution >= 4 is 30.8 Å². The number of likely N-dealkylation sites (tertiary alicyclic amines) is 1. The van der Waals surface area contributed by atoms with Gasteiger partial charge in [-0.15, -0.1) is 11.8 Å². The van der Waals surface area contributed by atoms with E-state index in [0.717, 1.165) is 31.5 Å². The Hall–Kier alpha value is -1.67. The summed E-state index contributed by atoms with van der Waals surface area (Å²) in [5.74, 6) is -0.455. The second-order valence-corrected chi connectivity index (χ2v) is 6.98. The normalized spacial score (nSPS) is 20.1. The highest BCUT2D eigenvalue weighted by molar-refractivity contribution is 8.01. The molecule has 6 nitrogen and oxygen atoms in total. The molecule has 23 heavy (non-hydrogen) atoms. The van der Waals surface area contributed by atoms with Gasteiger partial charge in [0.15, 0.2) is 0 Å². The molecule has 0 unspecified atom stereocenters. The fourth-order valence-corrected chi connectivity index (χ4v) is 4.00. The quantitative estimate of drug-likeness (QED) is 0.801. The van der Waals surface area contributed by atoms with Crippen molar-refractivity contribution in [2.24, 2.45) is 0 Å². The lowest BCUT2D eigenvalue weighted by molar-refractivity contribution is -0.127. The molecular weight excluding hydrogens is 317 g/mol. The van der Waals surface area contributed by atoms with E-state index >= 15 is 0 Å². The second kappa shape index (κ2) is 6.84. The Bertz CT molecular complexity index is 620. The van der Waals surface area contributed by atoms with Crippen molar-refractivity contribution in [3.8, 4) is 5.75 Å². The van der Waals surface area contributed by atoms with Crippen LogP contribution in [0.15, 0.2) is 18.2 Å². The van der Waals surface area contributed by atoms with Crippen molar-refractivity contribution in [2.75, 3.05) is 18.8 Å². The Morgan fingerprint density at radius 2 is 2.09 bits per heavy atom. The smallest absolute Gasteiger partial charge is 0.535 e. The summed E-state index contributed by atoms with van der Waals surface area (Å²) >= 11 is 1.36. The van der Waals surface area contributed by atoms with Gasteiger partial charge in [-0.2, -0.15) is 0 Å². The number of carbonyl (C=O) groups is 2. The zero-order valence-corrected chi connectivity index (χ0v) is 13.4. The van der Waals surface area contributed by atoms with Gasteiger partial charge in [-0.25, -0.2) is 4.79 Å². The molecule has 0 aliphatic carbocycles. The van der Waals surface area contributed by atoms with E-state index in [1.165, 1.54) is 17.8 Å². The van der Waals surface area contributed by atoms with Gasteiger partial charge in [0.2, 0.25) is 5.91 Å². The van der Waals surface area contributed by atoms with Gasteiger partial charge in [0.05, 0.1) is 16.5 Å². The number of thioether (sulfide) groups is 1. The highest BCUT2D eigenvalue weighted by Gasteiger charge is 2.37. The molecule has 0 aromatic heterocycles. The minimum Gasteiger partial charge on any atom is -0.535 e. The molecule has 2 N–H and O–H groups in total. The molecule has 3 rings (SSSR count). The first-order chi connectivity index (χ1) is 11.1. The van der Waals surface area contributed by atoms with E-state index in [9.17, 15) is 19.7 Å². The highest BCUT2D eigenvalue weighted by atomic mass is 32.2. The lowest BCUT2D eigenvalue weighted by atomic mass is 9.77. The Morgan fingerprint density at radius 3 is 2.78 bits per heavy atom. The number of hydrogen-bond donors (Lipinski definition) is 2. The SMILES string of the molecule is O=C(O)c1cccc2c1OB(O)[C@@H](SCC(=O)N1CCCC1)C2. The maximum absolute atomic E-state index is 12.1. The predicted molar refractivity (Wildman–Crippen MR) is 87.8 cm³/mol. The molecule has 1 atom stereocenters. The standard InChI is InChI=1S/C15H18BNO5S/c18-13(17-6-1-2-7-17)9-23-12-8-10-4-3-5-11(15(19)20)14(10)22-16(12)21/h3-5,12,21H,1-2,6-9H2,(H,19,20)/t12-/m0/s1. The van der Waals surface area contributed by atoms with Crippen LogP contribution in [0, 0.1) is 0 Å². The number of carboxylic acid groups (broad SMARTS) is 1. The van der Waals surface area contributed by atoms with Crippen LogP contribution < -0.4 is 4.65 Å². The molecule has 2 aliphatic rings. The number of para-hydroxylation sites is 1. The summed E-state index contributed by atoms with van der Waals surface area (Å²) in [7, 11) is -1.11. The number of carbonyl (C=O) groups excluding carboxylic acids is 1. The summed E-state index contributed by atoms with van der Waals surface area (Å²) < 4.78 is 5.42. The maximum Gasteiger partial charge on any atom is 0.536 e. The summed E-state index contributed by atoms with van der Waals surface area (Å²) in [5.41, 5.74) is 0.805. The van der Waals surface area contributed by atoms with Crippen molar-refractivity contribution in [3.05, 3.63) is 29.3 Å². The molecule has 0 saturated carbocycles. The molecule has 2 aliphatic heterocycles. The van der Waals surface area contributed by atoms with Crippen LogP contribution in [-0.4, -0.2) is 58.0 Å². The van der Waals surface area contributed by atoms with Crippen LogP contribution >= 0.6 is 11.8 Å². The number of nitrogens with zero attached hydrogens (tertiary/aromatic N) is 1. The number of aromatic carboxylic acids is 1. The fraction of sp³-hybridized carbons (Fsp3) is 0.467. The van der Waals surface area contributed by atoms with Gasteiger partial charge < -0.3 is 19.7 Å². The van der Waals surface area contributed by atoms with Gasteiger partial charge >= 0.3 is 13.1 Å². The molecule has 0 bridgehead atoms. The number of amides is 1. The van der Waals surface area contributed by atoms with E-state index in [4.69, 9.17) is 4.65 Å². The van der Waals surface area contributed by atoms with Gasteiger partial charge in [0.25, 0.3) is 0 Å². The molecule has 0 spiro atoms. The third-order valence-corrected chi connectivity index (χ3v) is 5.43. The Labute approximate surface area is 139 Å². The van der Waals surface area contributed by atoms with Gasteiger partial charge in [-0.1, -0.05) is 12.1 Å². The van der Waals surface area contributed by atoms with Crippen molar-refractivity contribution < 1.29 is 24.4 Å². The van der Waals surface area contributed by atoms with Gasteiger partial charge in [-0.05, 0) is 30.9 Å². The van der Waals surface area contributed by atoms with E-state index in [0.29, 0.717) is 12.2 Å². The molecule has 1 fully saturated rings. The summed E-state index contributed by atoms with van der Waals surface area (Å²) in [6, 6.07) is 4.92. The molecule has 1 aromatic carbocycles. The molecular formula is C15H18BNO5S. The predicted octanol–water partition coefficient (Wildman–Crippen LogP) is 1.06. The maximum atomic E-state index is 12.1.